The van der Waals surface area contributed by atoms with Crippen LogP contribution in [0.3, 0.4) is 0 Å². The van der Waals surface area contributed by atoms with Gasteiger partial charge in [-0.2, -0.15) is 5.10 Å². The average molecular weight is 380 g/mol. The predicted molar refractivity (Wildman–Crippen MR) is 80.5 cm³/mol. The second kappa shape index (κ2) is 6.75. The number of aryl methyl sites for hydroxylation is 2. The van der Waals surface area contributed by atoms with Crippen molar-refractivity contribution < 1.29 is 13.5 Å². The molecule has 1 aromatic carbocycles. The molecule has 114 valence electrons. The van der Waals surface area contributed by atoms with Crippen LogP contribution in [0.2, 0.25) is 0 Å². The lowest BCUT2D eigenvalue weighted by Gasteiger charge is -2.10. The number of hydrogen-bond donors (Lipinski definition) is 0. The van der Waals surface area contributed by atoms with Crippen molar-refractivity contribution >= 4 is 27.5 Å². The summed E-state index contributed by atoms with van der Waals surface area (Å²) in [7, 11) is 1.76. The Hall–Kier alpha value is -1.14. The van der Waals surface area contributed by atoms with E-state index in [4.69, 9.17) is 16.3 Å². The van der Waals surface area contributed by atoms with Crippen molar-refractivity contribution in [2.75, 3.05) is 0 Å². The average Bonchev–Trinajstić information content (AvgIpc) is 2.72. The first kappa shape index (κ1) is 16.2. The third-order valence-electron chi connectivity index (χ3n) is 3.07. The number of rotatable bonds is 5. The van der Waals surface area contributed by atoms with E-state index < -0.39 is 17.4 Å². The van der Waals surface area contributed by atoms with Gasteiger partial charge in [-0.05, 0) is 40.0 Å². The molecule has 2 rings (SSSR count). The van der Waals surface area contributed by atoms with Gasteiger partial charge in [-0.15, -0.1) is 11.6 Å². The van der Waals surface area contributed by atoms with Crippen LogP contribution in [0.25, 0.3) is 0 Å². The molecule has 0 bridgehead atoms. The van der Waals surface area contributed by atoms with Crippen molar-refractivity contribution in [1.29, 1.82) is 0 Å². The topological polar surface area (TPSA) is 27.1 Å². The van der Waals surface area contributed by atoms with Crippen LogP contribution in [0.5, 0.6) is 5.75 Å². The van der Waals surface area contributed by atoms with E-state index in [0.29, 0.717) is 11.3 Å². The number of benzene rings is 1. The summed E-state index contributed by atoms with van der Waals surface area (Å²) >= 11 is 8.99. The lowest BCUT2D eigenvalue weighted by molar-refractivity contribution is 0.264. The minimum absolute atomic E-state index is 0.0120. The maximum Gasteiger partial charge on any atom is 0.191 e. The summed E-state index contributed by atoms with van der Waals surface area (Å²) in [5.41, 5.74) is 1.95. The SMILES string of the molecule is CCc1nn(C)c(COc2c(F)cc(CCl)cc2F)c1Br. The summed E-state index contributed by atoms with van der Waals surface area (Å²) in [5, 5.41) is 4.30. The number of halogens is 4. The maximum atomic E-state index is 13.8. The first-order chi connectivity index (χ1) is 9.97. The molecule has 0 aliphatic rings. The van der Waals surface area contributed by atoms with Crippen molar-refractivity contribution in [3.8, 4) is 5.75 Å². The second-order valence-electron chi connectivity index (χ2n) is 4.50. The number of alkyl halides is 1. The molecular formula is C14H14BrClF2N2O. The van der Waals surface area contributed by atoms with Crippen molar-refractivity contribution in [2.24, 2.45) is 7.05 Å². The lowest BCUT2D eigenvalue weighted by Crippen LogP contribution is -2.06. The van der Waals surface area contributed by atoms with Gasteiger partial charge in [0.25, 0.3) is 0 Å². The van der Waals surface area contributed by atoms with E-state index in [-0.39, 0.29) is 12.5 Å². The Morgan fingerprint density at radius 1 is 1.33 bits per heavy atom. The molecule has 0 unspecified atom stereocenters. The monoisotopic (exact) mass is 378 g/mol. The summed E-state index contributed by atoms with van der Waals surface area (Å²) in [6, 6.07) is 2.34. The Balaban J connectivity index is 2.23. The molecule has 0 radical (unpaired) electrons. The highest BCUT2D eigenvalue weighted by Gasteiger charge is 2.17. The van der Waals surface area contributed by atoms with Gasteiger partial charge in [-0.25, -0.2) is 8.78 Å². The molecule has 0 atom stereocenters. The molecular weight excluding hydrogens is 366 g/mol. The Labute approximate surface area is 135 Å². The second-order valence-corrected chi connectivity index (χ2v) is 5.56. The Morgan fingerprint density at radius 2 is 1.95 bits per heavy atom. The first-order valence-electron chi connectivity index (χ1n) is 6.34. The highest BCUT2D eigenvalue weighted by atomic mass is 79.9. The summed E-state index contributed by atoms with van der Waals surface area (Å²) in [6.45, 7) is 1.99. The van der Waals surface area contributed by atoms with Crippen LogP contribution >= 0.6 is 27.5 Å². The van der Waals surface area contributed by atoms with Crippen molar-refractivity contribution in [3.05, 3.63) is 45.2 Å². The number of hydrogen-bond acceptors (Lipinski definition) is 2. The fourth-order valence-corrected chi connectivity index (χ4v) is 2.83. The van der Waals surface area contributed by atoms with Gasteiger partial charge in [0.2, 0.25) is 0 Å². The summed E-state index contributed by atoms with van der Waals surface area (Å²) in [6.07, 6.45) is 0.752. The van der Waals surface area contributed by atoms with E-state index in [9.17, 15) is 8.78 Å². The van der Waals surface area contributed by atoms with Gasteiger partial charge in [-0.1, -0.05) is 6.92 Å². The zero-order valence-corrected chi connectivity index (χ0v) is 13.9. The molecule has 2 aromatic rings. The molecule has 21 heavy (non-hydrogen) atoms. The van der Waals surface area contributed by atoms with E-state index in [1.165, 1.54) is 12.1 Å². The minimum atomic E-state index is -0.764. The summed E-state index contributed by atoms with van der Waals surface area (Å²) in [5.74, 6) is -1.89. The van der Waals surface area contributed by atoms with Crippen LogP contribution in [0.1, 0.15) is 23.9 Å². The Kier molecular flexibility index (Phi) is 5.22. The van der Waals surface area contributed by atoms with E-state index in [2.05, 4.69) is 21.0 Å². The molecule has 0 N–H and O–H groups in total. The third kappa shape index (κ3) is 3.37. The van der Waals surface area contributed by atoms with Crippen LogP contribution in [-0.2, 0) is 26.0 Å². The van der Waals surface area contributed by atoms with Crippen LogP contribution < -0.4 is 4.74 Å². The highest BCUT2D eigenvalue weighted by molar-refractivity contribution is 9.10. The zero-order valence-electron chi connectivity index (χ0n) is 11.6. The van der Waals surface area contributed by atoms with E-state index in [1.54, 1.807) is 11.7 Å². The lowest BCUT2D eigenvalue weighted by atomic mass is 10.2. The molecule has 7 heteroatoms. The van der Waals surface area contributed by atoms with Gasteiger partial charge < -0.3 is 4.74 Å². The molecule has 0 saturated heterocycles. The minimum Gasteiger partial charge on any atom is -0.481 e. The van der Waals surface area contributed by atoms with Gasteiger partial charge in [0, 0.05) is 12.9 Å². The van der Waals surface area contributed by atoms with Crippen molar-refractivity contribution in [1.82, 2.24) is 9.78 Å². The molecule has 0 fully saturated rings. The quantitative estimate of drug-likeness (QED) is 0.723. The molecule has 1 aromatic heterocycles. The molecule has 0 aliphatic heterocycles. The standard InChI is InChI=1S/C14H14BrClF2N2O/c1-3-11-13(15)12(20(2)19-11)7-21-14-9(17)4-8(6-16)5-10(14)18/h4-5H,3,6-7H2,1-2H3. The Morgan fingerprint density at radius 3 is 2.43 bits per heavy atom. The van der Waals surface area contributed by atoms with Crippen LogP contribution in [0, 0.1) is 11.6 Å². The first-order valence-corrected chi connectivity index (χ1v) is 7.67. The van der Waals surface area contributed by atoms with Crippen LogP contribution in [0.4, 0.5) is 8.78 Å². The van der Waals surface area contributed by atoms with Gasteiger partial charge >= 0.3 is 0 Å². The number of ether oxygens (including phenoxy) is 1. The zero-order chi connectivity index (χ0) is 15.6. The fraction of sp³-hybridized carbons (Fsp3) is 0.357. The summed E-state index contributed by atoms with van der Waals surface area (Å²) < 4.78 is 35.3. The van der Waals surface area contributed by atoms with Crippen molar-refractivity contribution in [2.45, 2.75) is 25.8 Å². The fourth-order valence-electron chi connectivity index (χ4n) is 1.94. The van der Waals surface area contributed by atoms with Crippen molar-refractivity contribution in [3.63, 3.8) is 0 Å². The number of aromatic nitrogens is 2. The van der Waals surface area contributed by atoms with Crippen LogP contribution in [-0.4, -0.2) is 9.78 Å². The predicted octanol–water partition coefficient (Wildman–Crippen LogP) is 4.34. The normalized spacial score (nSPS) is 11.0. The highest BCUT2D eigenvalue weighted by Crippen LogP contribution is 2.27. The molecule has 3 nitrogen and oxygen atoms in total. The smallest absolute Gasteiger partial charge is 0.191 e. The number of nitrogens with zero attached hydrogens (tertiary/aromatic N) is 2. The van der Waals surface area contributed by atoms with Gasteiger partial charge in [0.15, 0.2) is 17.4 Å². The molecule has 1 heterocycles. The molecule has 0 saturated carbocycles. The third-order valence-corrected chi connectivity index (χ3v) is 4.29. The molecule has 0 spiro atoms. The largest absolute Gasteiger partial charge is 0.481 e. The maximum absolute atomic E-state index is 13.8. The van der Waals surface area contributed by atoms with E-state index >= 15 is 0 Å². The Bertz CT molecular complexity index is 638. The molecule has 0 aliphatic carbocycles. The van der Waals surface area contributed by atoms with Gasteiger partial charge in [0.05, 0.1) is 15.9 Å². The summed E-state index contributed by atoms with van der Waals surface area (Å²) in [4.78, 5) is 0. The molecule has 0 amide bonds. The van der Waals surface area contributed by atoms with E-state index in [0.717, 1.165) is 16.6 Å². The van der Waals surface area contributed by atoms with Crippen LogP contribution in [0.15, 0.2) is 16.6 Å². The van der Waals surface area contributed by atoms with E-state index in [1.807, 2.05) is 6.92 Å². The van der Waals surface area contributed by atoms with Gasteiger partial charge in [0.1, 0.15) is 6.61 Å². The van der Waals surface area contributed by atoms with Gasteiger partial charge in [-0.3, -0.25) is 4.68 Å².